The van der Waals surface area contributed by atoms with Crippen LogP contribution in [0.4, 0.5) is 4.39 Å². The number of carbonyl (C=O) groups excluding carboxylic acids is 2. The fourth-order valence-corrected chi connectivity index (χ4v) is 4.20. The topological polar surface area (TPSA) is 75.4 Å². The quantitative estimate of drug-likeness (QED) is 0.801. The van der Waals surface area contributed by atoms with Crippen LogP contribution in [0.25, 0.3) is 0 Å². The maximum absolute atomic E-state index is 13.5. The third kappa shape index (κ3) is 4.04. The summed E-state index contributed by atoms with van der Waals surface area (Å²) in [6.07, 6.45) is 5.76. The van der Waals surface area contributed by atoms with E-state index in [0.29, 0.717) is 22.6 Å². The highest BCUT2D eigenvalue weighted by atomic mass is 19.1. The summed E-state index contributed by atoms with van der Waals surface area (Å²) in [6, 6.07) is 5.12. The van der Waals surface area contributed by atoms with Gasteiger partial charge in [-0.1, -0.05) is 30.1 Å². The number of nitrogens with one attached hydrogen (secondary N) is 1. The number of aromatic nitrogens is 1. The molecule has 29 heavy (non-hydrogen) atoms. The van der Waals surface area contributed by atoms with E-state index in [1.807, 2.05) is 0 Å². The molecule has 0 radical (unpaired) electrons. The zero-order valence-corrected chi connectivity index (χ0v) is 16.8. The van der Waals surface area contributed by atoms with Crippen molar-refractivity contribution in [2.45, 2.75) is 70.5 Å². The second-order valence-electron chi connectivity index (χ2n) is 8.09. The third-order valence-corrected chi connectivity index (χ3v) is 5.84. The Balaban J connectivity index is 1.71. The Morgan fingerprint density at radius 2 is 1.79 bits per heavy atom. The lowest BCUT2D eigenvalue weighted by Crippen LogP contribution is -2.47. The summed E-state index contributed by atoms with van der Waals surface area (Å²) in [5, 5.41) is 7.02. The molecule has 1 aromatic carbocycles. The summed E-state index contributed by atoms with van der Waals surface area (Å²) in [7, 11) is 0. The molecule has 1 unspecified atom stereocenters. The molecule has 2 aliphatic rings. The number of aryl methyl sites for hydroxylation is 2. The van der Waals surface area contributed by atoms with Crippen molar-refractivity contribution in [3.8, 4) is 0 Å². The van der Waals surface area contributed by atoms with Gasteiger partial charge < -0.3 is 14.7 Å². The predicted octanol–water partition coefficient (Wildman–Crippen LogP) is 3.84. The molecule has 6 nitrogen and oxygen atoms in total. The van der Waals surface area contributed by atoms with Crippen LogP contribution in [0.15, 0.2) is 28.8 Å². The van der Waals surface area contributed by atoms with Crippen LogP contribution >= 0.6 is 0 Å². The number of amides is 2. The van der Waals surface area contributed by atoms with Crippen molar-refractivity contribution in [3.05, 3.63) is 52.7 Å². The summed E-state index contributed by atoms with van der Waals surface area (Å²) >= 11 is 0. The number of hydrogen-bond donors (Lipinski definition) is 1. The number of carbonyl (C=O) groups is 2. The van der Waals surface area contributed by atoms with Crippen molar-refractivity contribution < 1.29 is 18.5 Å². The molecule has 2 fully saturated rings. The maximum Gasteiger partial charge on any atom is 0.260 e. The number of rotatable bonds is 6. The standard InChI is InChI=1S/C22H26FN3O3/c1-13-19(14(2)29-25-13)22(28)26(18-11-12-18)20(15-7-9-16(23)10-8-15)21(27)24-17-5-3-4-6-17/h7-10,17-18,20H,3-6,11-12H2,1-2H3,(H,24,27). The largest absolute Gasteiger partial charge is 0.361 e. The van der Waals surface area contributed by atoms with Gasteiger partial charge in [0.25, 0.3) is 5.91 Å². The zero-order valence-electron chi connectivity index (χ0n) is 16.8. The summed E-state index contributed by atoms with van der Waals surface area (Å²) in [5.41, 5.74) is 1.51. The smallest absolute Gasteiger partial charge is 0.260 e. The summed E-state index contributed by atoms with van der Waals surface area (Å²) in [5.74, 6) is -0.416. The molecule has 2 saturated carbocycles. The van der Waals surface area contributed by atoms with Crippen LogP contribution in [0.1, 0.15) is 71.9 Å². The minimum absolute atomic E-state index is 0.0272. The Labute approximate surface area is 169 Å². The van der Waals surface area contributed by atoms with Gasteiger partial charge >= 0.3 is 0 Å². The first-order chi connectivity index (χ1) is 14.0. The molecular formula is C22H26FN3O3. The van der Waals surface area contributed by atoms with Crippen LogP contribution < -0.4 is 5.32 Å². The summed E-state index contributed by atoms with van der Waals surface area (Å²) in [4.78, 5) is 28.5. The summed E-state index contributed by atoms with van der Waals surface area (Å²) in [6.45, 7) is 3.42. The SMILES string of the molecule is Cc1noc(C)c1C(=O)N(C1CC1)C(C(=O)NC1CCCC1)c1ccc(F)cc1. The van der Waals surface area contributed by atoms with Gasteiger partial charge in [-0.25, -0.2) is 4.39 Å². The van der Waals surface area contributed by atoms with Crippen molar-refractivity contribution in [1.82, 2.24) is 15.4 Å². The molecule has 1 heterocycles. The van der Waals surface area contributed by atoms with E-state index in [1.54, 1.807) is 30.9 Å². The van der Waals surface area contributed by atoms with Crippen molar-refractivity contribution in [2.24, 2.45) is 0 Å². The Kier molecular flexibility index (Phi) is 5.39. The number of benzene rings is 1. The van der Waals surface area contributed by atoms with Crippen LogP contribution in [-0.2, 0) is 4.79 Å². The van der Waals surface area contributed by atoms with Gasteiger partial charge in [-0.3, -0.25) is 9.59 Å². The highest BCUT2D eigenvalue weighted by molar-refractivity contribution is 5.99. The predicted molar refractivity (Wildman–Crippen MR) is 105 cm³/mol. The molecule has 1 atom stereocenters. The fraction of sp³-hybridized carbons (Fsp3) is 0.500. The molecule has 2 aromatic rings. The molecule has 0 saturated heterocycles. The van der Waals surface area contributed by atoms with E-state index < -0.39 is 6.04 Å². The molecule has 1 N–H and O–H groups in total. The van der Waals surface area contributed by atoms with Crippen LogP contribution in [0, 0.1) is 19.7 Å². The van der Waals surface area contributed by atoms with Crippen LogP contribution in [-0.4, -0.2) is 34.0 Å². The normalized spacial score (nSPS) is 17.9. The summed E-state index contributed by atoms with van der Waals surface area (Å²) < 4.78 is 18.7. The molecule has 0 bridgehead atoms. The molecule has 1 aromatic heterocycles. The first-order valence-corrected chi connectivity index (χ1v) is 10.3. The van der Waals surface area contributed by atoms with Crippen LogP contribution in [0.3, 0.4) is 0 Å². The highest BCUT2D eigenvalue weighted by Crippen LogP contribution is 2.37. The Bertz CT molecular complexity index is 879. The zero-order chi connectivity index (χ0) is 20.5. The number of halogens is 1. The van der Waals surface area contributed by atoms with Gasteiger partial charge in [0, 0.05) is 12.1 Å². The monoisotopic (exact) mass is 399 g/mol. The minimum Gasteiger partial charge on any atom is -0.361 e. The number of hydrogen-bond acceptors (Lipinski definition) is 4. The average molecular weight is 399 g/mol. The lowest BCUT2D eigenvalue weighted by molar-refractivity contribution is -0.126. The molecule has 154 valence electrons. The van der Waals surface area contributed by atoms with Gasteiger partial charge in [0.2, 0.25) is 5.91 Å². The van der Waals surface area contributed by atoms with E-state index in [9.17, 15) is 14.0 Å². The van der Waals surface area contributed by atoms with E-state index in [-0.39, 0.29) is 29.7 Å². The van der Waals surface area contributed by atoms with Crippen molar-refractivity contribution in [2.75, 3.05) is 0 Å². The maximum atomic E-state index is 13.5. The molecule has 4 rings (SSSR count). The lowest BCUT2D eigenvalue weighted by Gasteiger charge is -2.32. The number of nitrogens with zero attached hydrogens (tertiary/aromatic N) is 2. The van der Waals surface area contributed by atoms with Gasteiger partial charge in [0.1, 0.15) is 23.2 Å². The Hall–Kier alpha value is -2.70. The van der Waals surface area contributed by atoms with Gasteiger partial charge in [0.15, 0.2) is 0 Å². The van der Waals surface area contributed by atoms with Crippen LogP contribution in [0.2, 0.25) is 0 Å². The fourth-order valence-electron chi connectivity index (χ4n) is 4.20. The molecule has 0 spiro atoms. The first-order valence-electron chi connectivity index (χ1n) is 10.3. The van der Waals surface area contributed by atoms with Crippen molar-refractivity contribution >= 4 is 11.8 Å². The van der Waals surface area contributed by atoms with Crippen molar-refractivity contribution in [3.63, 3.8) is 0 Å². The van der Waals surface area contributed by atoms with Crippen molar-refractivity contribution in [1.29, 1.82) is 0 Å². The molecule has 7 heteroatoms. The van der Waals surface area contributed by atoms with Gasteiger partial charge in [0.05, 0.1) is 5.69 Å². The second kappa shape index (κ2) is 7.97. The van der Waals surface area contributed by atoms with Gasteiger partial charge in [-0.15, -0.1) is 0 Å². The Morgan fingerprint density at radius 3 is 2.34 bits per heavy atom. The first kappa shape index (κ1) is 19.6. The minimum atomic E-state index is -0.815. The van der Waals surface area contributed by atoms with E-state index in [0.717, 1.165) is 38.5 Å². The van der Waals surface area contributed by atoms with Gasteiger partial charge in [-0.05, 0) is 57.2 Å². The van der Waals surface area contributed by atoms with E-state index in [1.165, 1.54) is 12.1 Å². The average Bonchev–Trinajstić information content (AvgIpc) is 3.29. The molecular weight excluding hydrogens is 373 g/mol. The molecule has 2 aliphatic carbocycles. The molecule has 2 amide bonds. The molecule has 0 aliphatic heterocycles. The van der Waals surface area contributed by atoms with E-state index in [4.69, 9.17) is 4.52 Å². The van der Waals surface area contributed by atoms with Crippen LogP contribution in [0.5, 0.6) is 0 Å². The second-order valence-corrected chi connectivity index (χ2v) is 8.09. The Morgan fingerprint density at radius 1 is 1.14 bits per heavy atom. The third-order valence-electron chi connectivity index (χ3n) is 5.84. The lowest BCUT2D eigenvalue weighted by atomic mass is 10.0. The van der Waals surface area contributed by atoms with E-state index in [2.05, 4.69) is 10.5 Å². The van der Waals surface area contributed by atoms with E-state index >= 15 is 0 Å². The highest BCUT2D eigenvalue weighted by Gasteiger charge is 2.43. The van der Waals surface area contributed by atoms with Gasteiger partial charge in [-0.2, -0.15) is 0 Å².